The van der Waals surface area contributed by atoms with E-state index in [1.165, 1.54) is 0 Å². The van der Waals surface area contributed by atoms with Crippen LogP contribution in [0.15, 0.2) is 30.6 Å². The van der Waals surface area contributed by atoms with Gasteiger partial charge in [-0.15, -0.1) is 5.10 Å². The lowest BCUT2D eigenvalue weighted by molar-refractivity contribution is 0.491. The number of para-hydroxylation sites is 1. The van der Waals surface area contributed by atoms with E-state index in [1.54, 1.807) is 10.6 Å². The summed E-state index contributed by atoms with van der Waals surface area (Å²) in [5, 5.41) is 10.4. The zero-order valence-corrected chi connectivity index (χ0v) is 15.6. The summed E-state index contributed by atoms with van der Waals surface area (Å²) in [6.45, 7) is 1.87. The molecule has 0 amide bonds. The van der Waals surface area contributed by atoms with E-state index in [9.17, 15) is 0 Å². The molecule has 1 aliphatic heterocycles. The third kappa shape index (κ3) is 2.68. The molecule has 1 atom stereocenters. The number of piperidine rings is 1. The van der Waals surface area contributed by atoms with Gasteiger partial charge in [-0.25, -0.2) is 9.97 Å². The van der Waals surface area contributed by atoms with E-state index in [2.05, 4.69) is 20.1 Å². The van der Waals surface area contributed by atoms with Crippen molar-refractivity contribution in [3.05, 3.63) is 41.4 Å². The molecule has 1 fully saturated rings. The smallest absolute Gasteiger partial charge is 0.223 e. The first-order chi connectivity index (χ1) is 13.1. The highest BCUT2D eigenvalue weighted by Gasteiger charge is 2.26. The Morgan fingerprint density at radius 3 is 2.96 bits per heavy atom. The molecule has 0 spiro atoms. The predicted octanol–water partition coefficient (Wildman–Crippen LogP) is 2.63. The van der Waals surface area contributed by atoms with E-state index < -0.39 is 0 Å². The molecule has 0 radical (unpaired) electrons. The molecule has 0 saturated carbocycles. The molecular weight excluding hydrogens is 364 g/mol. The summed E-state index contributed by atoms with van der Waals surface area (Å²) in [5.41, 5.74) is 8.61. The first-order valence-corrected chi connectivity index (χ1v) is 9.32. The third-order valence-corrected chi connectivity index (χ3v) is 5.44. The minimum absolute atomic E-state index is 0.229. The summed E-state index contributed by atoms with van der Waals surface area (Å²) in [7, 11) is 1.93. The Morgan fingerprint density at radius 1 is 1.26 bits per heavy atom. The quantitative estimate of drug-likeness (QED) is 0.573. The Labute approximate surface area is 160 Å². The second-order valence-corrected chi connectivity index (χ2v) is 7.38. The number of rotatable bonds is 2. The number of benzene rings is 1. The van der Waals surface area contributed by atoms with Gasteiger partial charge in [0.2, 0.25) is 5.95 Å². The minimum Gasteiger partial charge on any atom is -0.368 e. The maximum atomic E-state index is 6.28. The summed E-state index contributed by atoms with van der Waals surface area (Å²) >= 11 is 6.28. The number of aromatic nitrogens is 6. The van der Waals surface area contributed by atoms with Gasteiger partial charge in [-0.2, -0.15) is 9.61 Å². The summed E-state index contributed by atoms with van der Waals surface area (Å²) in [4.78, 5) is 11.6. The number of hydrogen-bond donors (Lipinski definition) is 1. The summed E-state index contributed by atoms with van der Waals surface area (Å²) in [6, 6.07) is 5.64. The second kappa shape index (κ2) is 6.09. The Kier molecular flexibility index (Phi) is 3.68. The molecule has 8 nitrogen and oxygen atoms in total. The van der Waals surface area contributed by atoms with Crippen molar-refractivity contribution in [1.82, 2.24) is 29.4 Å². The lowest BCUT2D eigenvalue weighted by Gasteiger charge is -2.32. The van der Waals surface area contributed by atoms with Crippen LogP contribution >= 0.6 is 11.6 Å². The fourth-order valence-electron chi connectivity index (χ4n) is 3.80. The van der Waals surface area contributed by atoms with Crippen molar-refractivity contribution in [2.75, 3.05) is 23.7 Å². The van der Waals surface area contributed by atoms with Crippen LogP contribution in [-0.2, 0) is 7.05 Å². The highest BCUT2D eigenvalue weighted by molar-refractivity contribution is 6.35. The van der Waals surface area contributed by atoms with E-state index in [0.29, 0.717) is 22.1 Å². The molecule has 4 aromatic rings. The number of nitrogens with two attached hydrogens (primary N) is 1. The van der Waals surface area contributed by atoms with Gasteiger partial charge in [-0.1, -0.05) is 17.7 Å². The standard InChI is InChI=1S/C18H19ClN8/c1-25-10-12(8-21-25)26-7-3-4-11(9-26)16-23-17-13-5-2-6-14(19)15(13)22-18(20)27(17)24-16/h2,5-6,8,10-11H,3-4,7,9H2,1H3,(H2,20,22)/t11-/m1/s1. The molecule has 9 heteroatoms. The zero-order valence-electron chi connectivity index (χ0n) is 14.9. The van der Waals surface area contributed by atoms with Crippen LogP contribution in [0, 0.1) is 0 Å². The number of halogens is 1. The largest absolute Gasteiger partial charge is 0.368 e. The number of fused-ring (bicyclic) bond motifs is 3. The monoisotopic (exact) mass is 382 g/mol. The minimum atomic E-state index is 0.229. The number of hydrogen-bond acceptors (Lipinski definition) is 6. The molecule has 1 saturated heterocycles. The van der Waals surface area contributed by atoms with E-state index in [4.69, 9.17) is 22.3 Å². The predicted molar refractivity (Wildman–Crippen MR) is 105 cm³/mol. The first kappa shape index (κ1) is 16.3. The van der Waals surface area contributed by atoms with Crippen LogP contribution in [0.2, 0.25) is 5.02 Å². The summed E-state index contributed by atoms with van der Waals surface area (Å²) < 4.78 is 3.45. The Bertz CT molecular complexity index is 1150. The molecular formula is C18H19ClN8. The summed E-state index contributed by atoms with van der Waals surface area (Å²) in [5.74, 6) is 1.32. The van der Waals surface area contributed by atoms with E-state index >= 15 is 0 Å². The van der Waals surface area contributed by atoms with Crippen molar-refractivity contribution < 1.29 is 0 Å². The lowest BCUT2D eigenvalue weighted by atomic mass is 9.97. The van der Waals surface area contributed by atoms with Gasteiger partial charge >= 0.3 is 0 Å². The van der Waals surface area contributed by atoms with Gasteiger partial charge in [0, 0.05) is 37.6 Å². The van der Waals surface area contributed by atoms with Crippen molar-refractivity contribution in [3.8, 4) is 0 Å². The van der Waals surface area contributed by atoms with Gasteiger partial charge in [-0.05, 0) is 25.0 Å². The lowest BCUT2D eigenvalue weighted by Crippen LogP contribution is -2.34. The normalized spacial score (nSPS) is 17.9. The fourth-order valence-corrected chi connectivity index (χ4v) is 4.02. The number of anilines is 2. The highest BCUT2D eigenvalue weighted by atomic mass is 35.5. The van der Waals surface area contributed by atoms with Crippen LogP contribution in [0.3, 0.4) is 0 Å². The molecule has 138 valence electrons. The van der Waals surface area contributed by atoms with Crippen molar-refractivity contribution in [2.24, 2.45) is 7.05 Å². The number of nitrogen functional groups attached to an aromatic ring is 1. The van der Waals surface area contributed by atoms with Crippen molar-refractivity contribution in [2.45, 2.75) is 18.8 Å². The van der Waals surface area contributed by atoms with Crippen LogP contribution in [0.4, 0.5) is 11.6 Å². The van der Waals surface area contributed by atoms with Gasteiger partial charge in [-0.3, -0.25) is 4.68 Å². The topological polar surface area (TPSA) is 90.2 Å². The molecule has 3 aromatic heterocycles. The summed E-state index contributed by atoms with van der Waals surface area (Å²) in [6.07, 6.45) is 6.06. The van der Waals surface area contributed by atoms with Crippen LogP contribution in [0.25, 0.3) is 16.6 Å². The second-order valence-electron chi connectivity index (χ2n) is 6.97. The van der Waals surface area contributed by atoms with Crippen molar-refractivity contribution in [1.29, 1.82) is 0 Å². The van der Waals surface area contributed by atoms with Crippen LogP contribution < -0.4 is 10.6 Å². The molecule has 0 bridgehead atoms. The Hall–Kier alpha value is -2.87. The van der Waals surface area contributed by atoms with Gasteiger partial charge in [0.1, 0.15) is 0 Å². The maximum absolute atomic E-state index is 6.28. The molecule has 1 aliphatic rings. The van der Waals surface area contributed by atoms with Gasteiger partial charge in [0.25, 0.3) is 0 Å². The maximum Gasteiger partial charge on any atom is 0.223 e. The van der Waals surface area contributed by atoms with E-state index in [0.717, 1.165) is 42.8 Å². The van der Waals surface area contributed by atoms with Crippen LogP contribution in [0.5, 0.6) is 0 Å². The van der Waals surface area contributed by atoms with Gasteiger partial charge in [0.15, 0.2) is 11.5 Å². The van der Waals surface area contributed by atoms with E-state index in [1.807, 2.05) is 36.3 Å². The molecule has 5 rings (SSSR count). The highest BCUT2D eigenvalue weighted by Crippen LogP contribution is 2.31. The number of nitrogens with zero attached hydrogens (tertiary/aromatic N) is 7. The molecule has 4 heterocycles. The van der Waals surface area contributed by atoms with Crippen LogP contribution in [0.1, 0.15) is 24.6 Å². The average Bonchev–Trinajstić information content (AvgIpc) is 3.30. The molecule has 0 unspecified atom stereocenters. The van der Waals surface area contributed by atoms with Crippen molar-refractivity contribution in [3.63, 3.8) is 0 Å². The first-order valence-electron chi connectivity index (χ1n) is 8.94. The SMILES string of the molecule is Cn1cc(N2CCC[C@@H](c3nc4c5cccc(Cl)c5nc(N)n4n3)C2)cn1. The molecule has 1 aromatic carbocycles. The van der Waals surface area contributed by atoms with E-state index in [-0.39, 0.29) is 5.92 Å². The average molecular weight is 383 g/mol. The molecule has 0 aliphatic carbocycles. The van der Waals surface area contributed by atoms with Gasteiger partial charge < -0.3 is 10.6 Å². The molecule has 2 N–H and O–H groups in total. The number of aryl methyl sites for hydroxylation is 1. The Morgan fingerprint density at radius 2 is 2.15 bits per heavy atom. The van der Waals surface area contributed by atoms with Gasteiger partial charge in [0.05, 0.1) is 22.4 Å². The third-order valence-electron chi connectivity index (χ3n) is 5.14. The van der Waals surface area contributed by atoms with Crippen molar-refractivity contribution >= 4 is 39.8 Å². The molecule has 27 heavy (non-hydrogen) atoms. The fraction of sp³-hybridized carbons (Fsp3) is 0.333. The Balaban J connectivity index is 1.56. The van der Waals surface area contributed by atoms with Crippen LogP contribution in [-0.4, -0.2) is 42.5 Å². The zero-order chi connectivity index (χ0) is 18.5.